The van der Waals surface area contributed by atoms with E-state index in [-0.39, 0.29) is 11.9 Å². The van der Waals surface area contributed by atoms with Gasteiger partial charge in [0, 0.05) is 53.4 Å². The summed E-state index contributed by atoms with van der Waals surface area (Å²) in [6, 6.07) is 13.5. The van der Waals surface area contributed by atoms with Crippen LogP contribution in [0.2, 0.25) is 5.02 Å². The third-order valence-corrected chi connectivity index (χ3v) is 6.52. The minimum absolute atomic E-state index is 0.116. The number of H-pyrrole nitrogens is 1. The molecule has 3 N–H and O–H groups in total. The standard InChI is InChI=1S/C28H38ClN3O2/c1-4-6-13-32(14-7-5-2)28(34)22-11-12-25-23(18-31-26(25)17-22)15-20(3)30-19-27(33)21-9-8-10-24(29)16-21/h8-12,16-18,20,27,30-31,33H,4-7,13-15,19H2,1-3H3/t20-,27+/m1/s1. The summed E-state index contributed by atoms with van der Waals surface area (Å²) >= 11 is 6.04. The maximum absolute atomic E-state index is 13.1. The SMILES string of the molecule is CCCCN(CCCC)C(=O)c1ccc2c(C[C@@H](C)NC[C@H](O)c3cccc(Cl)c3)c[nH]c2c1. The first-order chi connectivity index (χ1) is 16.4. The van der Waals surface area contributed by atoms with Gasteiger partial charge in [0.05, 0.1) is 6.10 Å². The lowest BCUT2D eigenvalue weighted by Gasteiger charge is -2.22. The highest BCUT2D eigenvalue weighted by atomic mass is 35.5. The zero-order chi connectivity index (χ0) is 24.5. The molecule has 2 aromatic carbocycles. The van der Waals surface area contributed by atoms with Crippen LogP contribution in [0, 0.1) is 0 Å². The second-order valence-electron chi connectivity index (χ2n) is 9.16. The Labute approximate surface area is 208 Å². The number of aromatic nitrogens is 1. The van der Waals surface area contributed by atoms with Gasteiger partial charge in [0.25, 0.3) is 5.91 Å². The molecule has 5 nitrogen and oxygen atoms in total. The Kier molecular flexibility index (Phi) is 10.00. The number of carbonyl (C=O) groups excluding carboxylic acids is 1. The molecule has 0 aliphatic carbocycles. The van der Waals surface area contributed by atoms with Gasteiger partial charge in [0.15, 0.2) is 0 Å². The van der Waals surface area contributed by atoms with Crippen LogP contribution >= 0.6 is 11.6 Å². The van der Waals surface area contributed by atoms with Crippen LogP contribution in [0.1, 0.15) is 74.0 Å². The summed E-state index contributed by atoms with van der Waals surface area (Å²) < 4.78 is 0. The number of aliphatic hydroxyl groups is 1. The smallest absolute Gasteiger partial charge is 0.253 e. The highest BCUT2D eigenvalue weighted by Gasteiger charge is 2.17. The average Bonchev–Trinajstić information content (AvgIpc) is 3.24. The second kappa shape index (κ2) is 12.9. The molecule has 2 atom stereocenters. The molecule has 1 amide bonds. The van der Waals surface area contributed by atoms with Crippen molar-refractivity contribution in [1.29, 1.82) is 0 Å². The predicted octanol–water partition coefficient (Wildman–Crippen LogP) is 6.12. The van der Waals surface area contributed by atoms with Crippen molar-refractivity contribution in [1.82, 2.24) is 15.2 Å². The number of fused-ring (bicyclic) bond motifs is 1. The molecule has 0 fully saturated rings. The fourth-order valence-electron chi connectivity index (χ4n) is 4.23. The normalized spacial score (nSPS) is 13.2. The van der Waals surface area contributed by atoms with E-state index in [0.717, 1.165) is 67.2 Å². The van der Waals surface area contributed by atoms with E-state index in [1.807, 2.05) is 35.4 Å². The minimum Gasteiger partial charge on any atom is -0.387 e. The van der Waals surface area contributed by atoms with E-state index in [2.05, 4.69) is 37.1 Å². The molecule has 0 saturated carbocycles. The van der Waals surface area contributed by atoms with Crippen molar-refractivity contribution < 1.29 is 9.90 Å². The third-order valence-electron chi connectivity index (χ3n) is 6.28. The molecule has 184 valence electrons. The van der Waals surface area contributed by atoms with Crippen molar-refractivity contribution >= 4 is 28.4 Å². The van der Waals surface area contributed by atoms with E-state index in [1.165, 1.54) is 5.56 Å². The fourth-order valence-corrected chi connectivity index (χ4v) is 4.43. The molecule has 1 heterocycles. The number of hydrogen-bond donors (Lipinski definition) is 3. The van der Waals surface area contributed by atoms with Crippen LogP contribution < -0.4 is 5.32 Å². The summed E-state index contributed by atoms with van der Waals surface area (Å²) in [7, 11) is 0. The Balaban J connectivity index is 1.63. The van der Waals surface area contributed by atoms with Gasteiger partial charge < -0.3 is 20.3 Å². The van der Waals surface area contributed by atoms with Crippen LogP contribution in [-0.4, -0.2) is 46.6 Å². The molecule has 0 bridgehead atoms. The van der Waals surface area contributed by atoms with E-state index < -0.39 is 6.10 Å². The zero-order valence-electron chi connectivity index (χ0n) is 20.6. The number of halogens is 1. The number of aromatic amines is 1. The van der Waals surface area contributed by atoms with Crippen molar-refractivity contribution in [2.45, 2.75) is 65.0 Å². The van der Waals surface area contributed by atoms with Crippen LogP contribution in [0.3, 0.4) is 0 Å². The van der Waals surface area contributed by atoms with Gasteiger partial charge in [0.1, 0.15) is 0 Å². The maximum atomic E-state index is 13.1. The average molecular weight is 484 g/mol. The van der Waals surface area contributed by atoms with E-state index >= 15 is 0 Å². The molecule has 1 aromatic heterocycles. The van der Waals surface area contributed by atoms with Crippen LogP contribution in [0.15, 0.2) is 48.7 Å². The van der Waals surface area contributed by atoms with E-state index in [1.54, 1.807) is 12.1 Å². The van der Waals surface area contributed by atoms with Gasteiger partial charge in [-0.25, -0.2) is 0 Å². The van der Waals surface area contributed by atoms with Crippen LogP contribution in [0.25, 0.3) is 10.9 Å². The Morgan fingerprint density at radius 1 is 1.12 bits per heavy atom. The van der Waals surface area contributed by atoms with E-state index in [0.29, 0.717) is 11.6 Å². The van der Waals surface area contributed by atoms with Gasteiger partial charge in [-0.3, -0.25) is 4.79 Å². The van der Waals surface area contributed by atoms with Gasteiger partial charge in [-0.05, 0) is 61.6 Å². The summed E-state index contributed by atoms with van der Waals surface area (Å²) in [6.07, 6.45) is 6.45. The summed E-state index contributed by atoms with van der Waals surface area (Å²) in [5.74, 6) is 0.116. The lowest BCUT2D eigenvalue weighted by Crippen LogP contribution is -2.33. The number of rotatable bonds is 13. The van der Waals surface area contributed by atoms with Crippen LogP contribution in [0.5, 0.6) is 0 Å². The minimum atomic E-state index is -0.610. The lowest BCUT2D eigenvalue weighted by atomic mass is 10.0. The summed E-state index contributed by atoms with van der Waals surface area (Å²) in [5, 5.41) is 15.6. The zero-order valence-corrected chi connectivity index (χ0v) is 21.4. The van der Waals surface area contributed by atoms with Gasteiger partial charge >= 0.3 is 0 Å². The van der Waals surface area contributed by atoms with Crippen molar-refractivity contribution in [3.63, 3.8) is 0 Å². The highest BCUT2D eigenvalue weighted by molar-refractivity contribution is 6.30. The molecule has 0 radical (unpaired) electrons. The van der Waals surface area contributed by atoms with Crippen molar-refractivity contribution in [2.75, 3.05) is 19.6 Å². The van der Waals surface area contributed by atoms with Crippen LogP contribution in [0.4, 0.5) is 0 Å². The molecular formula is C28H38ClN3O2. The lowest BCUT2D eigenvalue weighted by molar-refractivity contribution is 0.0751. The Hall–Kier alpha value is -2.34. The van der Waals surface area contributed by atoms with Crippen LogP contribution in [-0.2, 0) is 6.42 Å². The molecule has 0 spiro atoms. The van der Waals surface area contributed by atoms with Crippen molar-refractivity contribution in [3.05, 3.63) is 70.4 Å². The molecular weight excluding hydrogens is 446 g/mol. The molecule has 0 saturated heterocycles. The summed E-state index contributed by atoms with van der Waals surface area (Å²) in [4.78, 5) is 18.5. The predicted molar refractivity (Wildman–Crippen MR) is 142 cm³/mol. The molecule has 3 aromatic rings. The monoisotopic (exact) mass is 483 g/mol. The van der Waals surface area contributed by atoms with Gasteiger partial charge in [-0.15, -0.1) is 0 Å². The molecule has 6 heteroatoms. The molecule has 0 aliphatic heterocycles. The first-order valence-corrected chi connectivity index (χ1v) is 12.9. The largest absolute Gasteiger partial charge is 0.387 e. The topological polar surface area (TPSA) is 68.4 Å². The van der Waals surface area contributed by atoms with Gasteiger partial charge in [0.2, 0.25) is 0 Å². The van der Waals surface area contributed by atoms with Crippen molar-refractivity contribution in [2.24, 2.45) is 0 Å². The number of hydrogen-bond acceptors (Lipinski definition) is 3. The highest BCUT2D eigenvalue weighted by Crippen LogP contribution is 2.23. The van der Waals surface area contributed by atoms with Crippen molar-refractivity contribution in [3.8, 4) is 0 Å². The number of nitrogens with zero attached hydrogens (tertiary/aromatic N) is 1. The number of benzene rings is 2. The number of amides is 1. The van der Waals surface area contributed by atoms with Gasteiger partial charge in [-0.2, -0.15) is 0 Å². The maximum Gasteiger partial charge on any atom is 0.253 e. The number of unbranched alkanes of at least 4 members (excludes halogenated alkanes) is 2. The Morgan fingerprint density at radius 3 is 2.53 bits per heavy atom. The number of nitrogens with one attached hydrogen (secondary N) is 2. The molecule has 34 heavy (non-hydrogen) atoms. The first kappa shape index (κ1) is 26.3. The summed E-state index contributed by atoms with van der Waals surface area (Å²) in [5.41, 5.74) is 3.73. The van der Waals surface area contributed by atoms with Gasteiger partial charge in [-0.1, -0.05) is 56.5 Å². The fraction of sp³-hybridized carbons (Fsp3) is 0.464. The number of aliphatic hydroxyl groups excluding tert-OH is 1. The number of carbonyl (C=O) groups is 1. The Morgan fingerprint density at radius 2 is 1.85 bits per heavy atom. The molecule has 3 rings (SSSR count). The summed E-state index contributed by atoms with van der Waals surface area (Å²) in [6.45, 7) is 8.50. The van der Waals surface area contributed by atoms with E-state index in [4.69, 9.17) is 11.6 Å². The molecule has 0 unspecified atom stereocenters. The first-order valence-electron chi connectivity index (χ1n) is 12.5. The third kappa shape index (κ3) is 7.08. The second-order valence-corrected chi connectivity index (χ2v) is 9.59. The quantitative estimate of drug-likeness (QED) is 0.274. The Bertz CT molecular complexity index is 1060. The molecule has 0 aliphatic rings. The van der Waals surface area contributed by atoms with E-state index in [9.17, 15) is 9.90 Å².